The van der Waals surface area contributed by atoms with E-state index in [0.717, 1.165) is 0 Å². The molecule has 4 nitrogen and oxygen atoms in total. The van der Waals surface area contributed by atoms with Gasteiger partial charge in [-0.2, -0.15) is 0 Å². The zero-order valence-corrected chi connectivity index (χ0v) is 11.1. The average Bonchev–Trinajstić information content (AvgIpc) is 2.35. The third-order valence-electron chi connectivity index (χ3n) is 2.93. The van der Waals surface area contributed by atoms with Gasteiger partial charge in [-0.1, -0.05) is 6.07 Å². The van der Waals surface area contributed by atoms with E-state index >= 15 is 0 Å². The number of hydrogen-bond donors (Lipinski definition) is 0. The van der Waals surface area contributed by atoms with Gasteiger partial charge in [0.1, 0.15) is 11.6 Å². The first-order valence-electron chi connectivity index (χ1n) is 6.36. The molecule has 0 radical (unpaired) electrons. The Hall–Kier alpha value is -1.62. The van der Waals surface area contributed by atoms with Gasteiger partial charge in [0.15, 0.2) is 6.61 Å². The molecule has 1 aliphatic heterocycles. The van der Waals surface area contributed by atoms with Gasteiger partial charge in [0.05, 0.1) is 12.2 Å². The van der Waals surface area contributed by atoms with Gasteiger partial charge in [-0.15, -0.1) is 0 Å². The number of amides is 1. The number of halogens is 1. The Bertz CT molecular complexity index is 442. The van der Waals surface area contributed by atoms with Gasteiger partial charge in [0, 0.05) is 19.2 Å². The maximum Gasteiger partial charge on any atom is 0.260 e. The lowest BCUT2D eigenvalue weighted by Crippen LogP contribution is -2.49. The van der Waals surface area contributed by atoms with E-state index in [1.165, 1.54) is 12.1 Å². The van der Waals surface area contributed by atoms with Crippen molar-refractivity contribution in [3.8, 4) is 5.75 Å². The molecule has 0 aliphatic carbocycles. The molecule has 1 aliphatic rings. The van der Waals surface area contributed by atoms with Crippen LogP contribution in [0, 0.1) is 5.82 Å². The predicted molar refractivity (Wildman–Crippen MR) is 68.5 cm³/mol. The Morgan fingerprint density at radius 2 is 2.11 bits per heavy atom. The predicted octanol–water partition coefficient (Wildman–Crippen LogP) is 1.84. The maximum absolute atomic E-state index is 13.0. The van der Waals surface area contributed by atoms with Crippen LogP contribution in [0.4, 0.5) is 4.39 Å². The summed E-state index contributed by atoms with van der Waals surface area (Å²) >= 11 is 0. The molecule has 0 saturated carbocycles. The maximum atomic E-state index is 13.0. The van der Waals surface area contributed by atoms with Gasteiger partial charge in [-0.05, 0) is 26.0 Å². The quantitative estimate of drug-likeness (QED) is 0.839. The van der Waals surface area contributed by atoms with Crippen molar-refractivity contribution in [2.45, 2.75) is 26.1 Å². The normalized spacial score (nSPS) is 23.2. The fourth-order valence-electron chi connectivity index (χ4n) is 2.17. The van der Waals surface area contributed by atoms with Crippen molar-refractivity contribution in [2.24, 2.45) is 0 Å². The molecule has 1 amide bonds. The van der Waals surface area contributed by atoms with E-state index in [9.17, 15) is 9.18 Å². The topological polar surface area (TPSA) is 38.8 Å². The van der Waals surface area contributed by atoms with Crippen LogP contribution < -0.4 is 4.74 Å². The van der Waals surface area contributed by atoms with E-state index < -0.39 is 0 Å². The average molecular weight is 267 g/mol. The van der Waals surface area contributed by atoms with Gasteiger partial charge in [0.25, 0.3) is 5.91 Å². The number of rotatable bonds is 3. The fraction of sp³-hybridized carbons (Fsp3) is 0.500. The SMILES string of the molecule is C[C@H]1CN(C(=O)COc2cccc(F)c2)C[C@H](C)O1. The van der Waals surface area contributed by atoms with Crippen LogP contribution in [0.15, 0.2) is 24.3 Å². The van der Waals surface area contributed by atoms with Crippen LogP contribution >= 0.6 is 0 Å². The first kappa shape index (κ1) is 13.8. The first-order chi connectivity index (χ1) is 9.04. The third kappa shape index (κ3) is 3.92. The van der Waals surface area contributed by atoms with Crippen molar-refractivity contribution in [1.82, 2.24) is 4.90 Å². The van der Waals surface area contributed by atoms with Gasteiger partial charge in [-0.3, -0.25) is 4.79 Å². The summed E-state index contributed by atoms with van der Waals surface area (Å²) in [6, 6.07) is 5.77. The molecule has 0 unspecified atom stereocenters. The zero-order valence-electron chi connectivity index (χ0n) is 11.1. The lowest BCUT2D eigenvalue weighted by Gasteiger charge is -2.35. The Labute approximate surface area is 112 Å². The van der Waals surface area contributed by atoms with E-state index in [1.54, 1.807) is 17.0 Å². The summed E-state index contributed by atoms with van der Waals surface area (Å²) < 4.78 is 23.8. The number of hydrogen-bond acceptors (Lipinski definition) is 3. The number of benzene rings is 1. The standard InChI is InChI=1S/C14H18FNO3/c1-10-7-16(8-11(2)19-10)14(17)9-18-13-5-3-4-12(15)6-13/h3-6,10-11H,7-9H2,1-2H3/t10-,11-/m0/s1. The monoisotopic (exact) mass is 267 g/mol. The summed E-state index contributed by atoms with van der Waals surface area (Å²) in [7, 11) is 0. The third-order valence-corrected chi connectivity index (χ3v) is 2.93. The summed E-state index contributed by atoms with van der Waals surface area (Å²) in [4.78, 5) is 13.7. The minimum atomic E-state index is -0.376. The lowest BCUT2D eigenvalue weighted by atomic mass is 10.2. The van der Waals surface area contributed by atoms with Crippen LogP contribution in [0.5, 0.6) is 5.75 Å². The van der Waals surface area contributed by atoms with Crippen molar-refractivity contribution in [3.05, 3.63) is 30.1 Å². The number of ether oxygens (including phenoxy) is 2. The first-order valence-corrected chi connectivity index (χ1v) is 6.36. The highest BCUT2D eigenvalue weighted by molar-refractivity contribution is 5.78. The minimum absolute atomic E-state index is 0.0295. The fourth-order valence-corrected chi connectivity index (χ4v) is 2.17. The lowest BCUT2D eigenvalue weighted by molar-refractivity contribution is -0.145. The molecular formula is C14H18FNO3. The molecule has 5 heteroatoms. The highest BCUT2D eigenvalue weighted by Gasteiger charge is 2.25. The Morgan fingerprint density at radius 3 is 2.74 bits per heavy atom. The van der Waals surface area contributed by atoms with Gasteiger partial charge in [-0.25, -0.2) is 4.39 Å². The molecule has 104 valence electrons. The molecule has 1 saturated heterocycles. The van der Waals surface area contributed by atoms with Crippen molar-refractivity contribution in [3.63, 3.8) is 0 Å². The second kappa shape index (κ2) is 6.02. The van der Waals surface area contributed by atoms with Crippen LogP contribution in [0.25, 0.3) is 0 Å². The van der Waals surface area contributed by atoms with Crippen molar-refractivity contribution < 1.29 is 18.7 Å². The van der Waals surface area contributed by atoms with Crippen LogP contribution in [-0.2, 0) is 9.53 Å². The van der Waals surface area contributed by atoms with Gasteiger partial charge in [0.2, 0.25) is 0 Å². The molecular weight excluding hydrogens is 249 g/mol. The van der Waals surface area contributed by atoms with Crippen LogP contribution in [0.1, 0.15) is 13.8 Å². The van der Waals surface area contributed by atoms with E-state index in [1.807, 2.05) is 13.8 Å². The van der Waals surface area contributed by atoms with Crippen molar-refractivity contribution in [1.29, 1.82) is 0 Å². The molecule has 1 heterocycles. The Kier molecular flexibility index (Phi) is 4.37. The summed E-state index contributed by atoms with van der Waals surface area (Å²) in [6.45, 7) is 4.92. The summed E-state index contributed by atoms with van der Waals surface area (Å²) in [6.07, 6.45) is 0.0590. The minimum Gasteiger partial charge on any atom is -0.484 e. The smallest absolute Gasteiger partial charge is 0.260 e. The molecule has 0 aromatic heterocycles. The van der Waals surface area contributed by atoms with Crippen molar-refractivity contribution in [2.75, 3.05) is 19.7 Å². The molecule has 1 aromatic carbocycles. The van der Waals surface area contributed by atoms with Crippen LogP contribution in [0.3, 0.4) is 0 Å². The zero-order chi connectivity index (χ0) is 13.8. The molecule has 2 rings (SSSR count). The van der Waals surface area contributed by atoms with E-state index in [2.05, 4.69) is 0 Å². The number of carbonyl (C=O) groups excluding carboxylic acids is 1. The summed E-state index contributed by atoms with van der Waals surface area (Å²) in [5.74, 6) is -0.118. The molecule has 1 fully saturated rings. The summed E-state index contributed by atoms with van der Waals surface area (Å²) in [5.41, 5.74) is 0. The van der Waals surface area contributed by atoms with Crippen molar-refractivity contribution >= 4 is 5.91 Å². The molecule has 2 atom stereocenters. The molecule has 0 N–H and O–H groups in total. The molecule has 1 aromatic rings. The highest BCUT2D eigenvalue weighted by atomic mass is 19.1. The Balaban J connectivity index is 1.87. The second-order valence-corrected chi connectivity index (χ2v) is 4.80. The van der Waals surface area contributed by atoms with Crippen LogP contribution in [-0.4, -0.2) is 42.7 Å². The van der Waals surface area contributed by atoms with Gasteiger partial charge >= 0.3 is 0 Å². The highest BCUT2D eigenvalue weighted by Crippen LogP contribution is 2.14. The number of nitrogens with zero attached hydrogens (tertiary/aromatic N) is 1. The molecule has 0 bridgehead atoms. The Morgan fingerprint density at radius 1 is 1.42 bits per heavy atom. The van der Waals surface area contributed by atoms with Gasteiger partial charge < -0.3 is 14.4 Å². The number of morpholine rings is 1. The van der Waals surface area contributed by atoms with E-state index in [4.69, 9.17) is 9.47 Å². The second-order valence-electron chi connectivity index (χ2n) is 4.80. The largest absolute Gasteiger partial charge is 0.484 e. The summed E-state index contributed by atoms with van der Waals surface area (Å²) in [5, 5.41) is 0. The van der Waals surface area contributed by atoms with Crippen LogP contribution in [0.2, 0.25) is 0 Å². The molecule has 0 spiro atoms. The van der Waals surface area contributed by atoms with E-state index in [0.29, 0.717) is 18.8 Å². The number of carbonyl (C=O) groups is 1. The van der Waals surface area contributed by atoms with E-state index in [-0.39, 0.29) is 30.5 Å². The molecule has 19 heavy (non-hydrogen) atoms.